The average molecular weight is 440 g/mol. The maximum atomic E-state index is 14.9. The van der Waals surface area contributed by atoms with Gasteiger partial charge in [0, 0.05) is 18.2 Å². The topological polar surface area (TPSA) is 27.7 Å². The summed E-state index contributed by atoms with van der Waals surface area (Å²) < 4.78 is 101. The van der Waals surface area contributed by atoms with Gasteiger partial charge in [-0.2, -0.15) is 0 Å². The van der Waals surface area contributed by atoms with Gasteiger partial charge in [-0.05, 0) is 34.6 Å². The van der Waals surface area contributed by atoms with E-state index in [2.05, 4.69) is 0 Å². The van der Waals surface area contributed by atoms with Gasteiger partial charge in [0.15, 0.2) is 23.2 Å². The van der Waals surface area contributed by atoms with Gasteiger partial charge in [0.2, 0.25) is 0 Å². The Hall–Kier alpha value is -3.30. The fraction of sp³-hybridized carbons (Fsp3) is 0.143. The molecular formula is C21H15BF6O3. The molecule has 0 saturated heterocycles. The van der Waals surface area contributed by atoms with Crippen LogP contribution >= 0.6 is 0 Å². The van der Waals surface area contributed by atoms with E-state index in [4.69, 9.17) is 14.2 Å². The standard InChI is InChI=1S/C21H15BF6O3/c1-29-19-8-12(15(25)9-16(19)26)22(13-4-10(23)6-17(27)20(13)30-2)14-5-11(24)7-18(28)21(14)31-3/h4-9H,1-3H3. The van der Waals surface area contributed by atoms with Gasteiger partial charge in [-0.15, -0.1) is 0 Å². The van der Waals surface area contributed by atoms with E-state index in [9.17, 15) is 26.3 Å². The van der Waals surface area contributed by atoms with Gasteiger partial charge in [0.1, 0.15) is 29.0 Å². The molecule has 3 aromatic carbocycles. The van der Waals surface area contributed by atoms with Crippen LogP contribution in [0.2, 0.25) is 0 Å². The zero-order valence-electron chi connectivity index (χ0n) is 16.5. The number of ether oxygens (including phenoxy) is 3. The fourth-order valence-corrected chi connectivity index (χ4v) is 3.45. The van der Waals surface area contributed by atoms with Crippen LogP contribution in [0.3, 0.4) is 0 Å². The Bertz CT molecular complexity index is 1080. The summed E-state index contributed by atoms with van der Waals surface area (Å²) >= 11 is 0. The van der Waals surface area contributed by atoms with Crippen molar-refractivity contribution in [3.63, 3.8) is 0 Å². The van der Waals surface area contributed by atoms with Crippen LogP contribution in [0.5, 0.6) is 17.2 Å². The van der Waals surface area contributed by atoms with Crippen molar-refractivity contribution < 1.29 is 40.6 Å². The molecule has 0 atom stereocenters. The molecule has 10 heteroatoms. The number of benzene rings is 3. The summed E-state index contributed by atoms with van der Waals surface area (Å²) in [5, 5.41) is 0. The van der Waals surface area contributed by atoms with Gasteiger partial charge in [-0.1, -0.05) is 0 Å². The molecule has 0 radical (unpaired) electrons. The highest BCUT2D eigenvalue weighted by Gasteiger charge is 2.34. The third-order valence-corrected chi connectivity index (χ3v) is 4.69. The minimum Gasteiger partial charge on any atom is -0.494 e. The first-order valence-corrected chi connectivity index (χ1v) is 8.80. The van der Waals surface area contributed by atoms with E-state index in [0.717, 1.165) is 39.5 Å². The molecule has 3 aromatic rings. The Balaban J connectivity index is 2.47. The molecule has 3 rings (SSSR count). The first-order chi connectivity index (χ1) is 14.7. The van der Waals surface area contributed by atoms with E-state index in [1.165, 1.54) is 0 Å². The van der Waals surface area contributed by atoms with Crippen molar-refractivity contribution in [3.05, 3.63) is 71.3 Å². The molecule has 0 unspecified atom stereocenters. The maximum Gasteiger partial charge on any atom is 0.255 e. The third-order valence-electron chi connectivity index (χ3n) is 4.69. The highest BCUT2D eigenvalue weighted by Crippen LogP contribution is 2.23. The second-order valence-corrected chi connectivity index (χ2v) is 6.46. The van der Waals surface area contributed by atoms with Crippen molar-refractivity contribution in [2.75, 3.05) is 21.3 Å². The lowest BCUT2D eigenvalue weighted by molar-refractivity contribution is 0.384. The van der Waals surface area contributed by atoms with Gasteiger partial charge in [0.05, 0.1) is 21.3 Å². The Labute approximate surface area is 174 Å². The van der Waals surface area contributed by atoms with Gasteiger partial charge in [0.25, 0.3) is 6.71 Å². The van der Waals surface area contributed by atoms with Crippen LogP contribution in [0.4, 0.5) is 26.3 Å². The minimum atomic E-state index is -1.56. The average Bonchev–Trinajstić information content (AvgIpc) is 2.69. The first kappa shape index (κ1) is 22.4. The zero-order valence-corrected chi connectivity index (χ0v) is 16.5. The fourth-order valence-electron chi connectivity index (χ4n) is 3.45. The van der Waals surface area contributed by atoms with Crippen molar-refractivity contribution in [1.82, 2.24) is 0 Å². The van der Waals surface area contributed by atoms with Crippen LogP contribution < -0.4 is 30.6 Å². The first-order valence-electron chi connectivity index (χ1n) is 8.80. The largest absolute Gasteiger partial charge is 0.494 e. The molecule has 0 amide bonds. The number of methoxy groups -OCH3 is 3. The van der Waals surface area contributed by atoms with Crippen LogP contribution in [0.25, 0.3) is 0 Å². The summed E-state index contributed by atoms with van der Waals surface area (Å²) in [6.07, 6.45) is 0. The lowest BCUT2D eigenvalue weighted by atomic mass is 9.36. The number of hydrogen-bond donors (Lipinski definition) is 0. The van der Waals surface area contributed by atoms with E-state index in [1.807, 2.05) is 0 Å². The highest BCUT2D eigenvalue weighted by atomic mass is 19.2. The number of hydrogen-bond acceptors (Lipinski definition) is 3. The molecule has 0 spiro atoms. The van der Waals surface area contributed by atoms with E-state index in [-0.39, 0.29) is 16.4 Å². The van der Waals surface area contributed by atoms with Crippen LogP contribution in [-0.4, -0.2) is 28.0 Å². The Morgan fingerprint density at radius 3 is 1.42 bits per heavy atom. The Morgan fingerprint density at radius 1 is 0.516 bits per heavy atom. The highest BCUT2D eigenvalue weighted by molar-refractivity contribution is 6.96. The number of rotatable bonds is 6. The lowest BCUT2D eigenvalue weighted by Crippen LogP contribution is -2.54. The molecule has 0 saturated carbocycles. The molecule has 0 aliphatic carbocycles. The van der Waals surface area contributed by atoms with Crippen LogP contribution in [0.1, 0.15) is 0 Å². The smallest absolute Gasteiger partial charge is 0.255 e. The van der Waals surface area contributed by atoms with Crippen molar-refractivity contribution in [2.45, 2.75) is 0 Å². The van der Waals surface area contributed by atoms with Crippen molar-refractivity contribution >= 4 is 23.1 Å². The molecule has 0 bridgehead atoms. The minimum absolute atomic E-state index is 0.309. The summed E-state index contributed by atoms with van der Waals surface area (Å²) in [5.41, 5.74) is -1.00. The zero-order chi connectivity index (χ0) is 22.9. The van der Waals surface area contributed by atoms with Crippen LogP contribution in [-0.2, 0) is 0 Å². The van der Waals surface area contributed by atoms with E-state index >= 15 is 0 Å². The molecule has 0 fully saturated rings. The predicted octanol–water partition coefficient (Wildman–Crippen LogP) is 3.06. The quantitative estimate of drug-likeness (QED) is 0.436. The second kappa shape index (κ2) is 8.83. The van der Waals surface area contributed by atoms with Crippen molar-refractivity contribution in [2.24, 2.45) is 0 Å². The molecule has 31 heavy (non-hydrogen) atoms. The maximum absolute atomic E-state index is 14.9. The lowest BCUT2D eigenvalue weighted by Gasteiger charge is -2.22. The number of halogens is 6. The Morgan fingerprint density at radius 2 is 1.00 bits per heavy atom. The molecule has 0 aliphatic heterocycles. The van der Waals surface area contributed by atoms with E-state index in [0.29, 0.717) is 18.2 Å². The van der Waals surface area contributed by atoms with Gasteiger partial charge < -0.3 is 14.2 Å². The predicted molar refractivity (Wildman–Crippen MR) is 103 cm³/mol. The summed E-state index contributed by atoms with van der Waals surface area (Å²) in [6, 6.07) is 4.13. The van der Waals surface area contributed by atoms with Crippen molar-refractivity contribution in [3.8, 4) is 17.2 Å². The van der Waals surface area contributed by atoms with Gasteiger partial charge in [-0.3, -0.25) is 0 Å². The third kappa shape index (κ3) is 4.15. The van der Waals surface area contributed by atoms with Gasteiger partial charge in [-0.25, -0.2) is 26.3 Å². The van der Waals surface area contributed by atoms with Crippen LogP contribution in [0, 0.1) is 34.9 Å². The monoisotopic (exact) mass is 440 g/mol. The van der Waals surface area contributed by atoms with Crippen LogP contribution in [0.15, 0.2) is 36.4 Å². The summed E-state index contributed by atoms with van der Waals surface area (Å²) in [4.78, 5) is 0. The SMILES string of the molecule is COc1cc(B(c2cc(F)cc(F)c2OC)c2cc(F)cc(F)c2OC)c(F)cc1F. The molecular weight excluding hydrogens is 425 g/mol. The summed E-state index contributed by atoms with van der Waals surface area (Å²) in [6.45, 7) is -1.56. The normalized spacial score (nSPS) is 10.7. The molecule has 162 valence electrons. The molecule has 0 heterocycles. The molecule has 0 N–H and O–H groups in total. The molecule has 0 aliphatic rings. The van der Waals surface area contributed by atoms with Crippen molar-refractivity contribution in [1.29, 1.82) is 0 Å². The van der Waals surface area contributed by atoms with E-state index in [1.54, 1.807) is 0 Å². The Kier molecular flexibility index (Phi) is 6.38. The van der Waals surface area contributed by atoms with Gasteiger partial charge >= 0.3 is 0 Å². The van der Waals surface area contributed by atoms with E-state index < -0.39 is 58.9 Å². The molecule has 3 nitrogen and oxygen atoms in total. The summed E-state index contributed by atoms with van der Waals surface area (Å²) in [7, 11) is 3.30. The summed E-state index contributed by atoms with van der Waals surface area (Å²) in [5.74, 6) is -7.96. The molecule has 0 aromatic heterocycles. The second-order valence-electron chi connectivity index (χ2n) is 6.46.